The summed E-state index contributed by atoms with van der Waals surface area (Å²) in [4.78, 5) is 26.8. The number of carbonyl (C=O) groups excluding carboxylic acids is 2. The molecule has 0 bridgehead atoms. The third-order valence-corrected chi connectivity index (χ3v) is 5.26. The van der Waals surface area contributed by atoms with Crippen LogP contribution >= 0.6 is 35.3 Å². The zero-order chi connectivity index (χ0) is 16.4. The van der Waals surface area contributed by atoms with E-state index in [2.05, 4.69) is 5.32 Å². The molecule has 1 aliphatic rings. The number of benzene rings is 1. The van der Waals surface area contributed by atoms with Gasteiger partial charge in [-0.25, -0.2) is 0 Å². The molecule has 1 atom stereocenters. The predicted molar refractivity (Wildman–Crippen MR) is 98.2 cm³/mol. The van der Waals surface area contributed by atoms with Crippen LogP contribution in [0.5, 0.6) is 0 Å². The van der Waals surface area contributed by atoms with Crippen LogP contribution in [0.1, 0.15) is 30.9 Å². The molecule has 1 aliphatic heterocycles. The molecule has 2 aromatic rings. The molecule has 1 unspecified atom stereocenters. The van der Waals surface area contributed by atoms with E-state index in [1.54, 1.807) is 17.0 Å². The van der Waals surface area contributed by atoms with Gasteiger partial charge in [-0.15, -0.1) is 23.7 Å². The Bertz CT molecular complexity index is 750. The summed E-state index contributed by atoms with van der Waals surface area (Å²) in [6.45, 7) is 1.95. The van der Waals surface area contributed by atoms with E-state index in [1.165, 1.54) is 0 Å². The van der Waals surface area contributed by atoms with Crippen LogP contribution in [0.15, 0.2) is 36.4 Å². The standard InChI is InChI=1S/C16H16ClN3O2S.ClH/c17-11-4-2-1-3-10(11)12-9-19-7-8-20(12)16(22)14-6-5-13(23-14)15(18)21;/h1-6,12,19H,7-9H2,(H2,18,21);1H. The summed E-state index contributed by atoms with van der Waals surface area (Å²) in [6, 6.07) is 10.6. The van der Waals surface area contributed by atoms with Gasteiger partial charge in [-0.05, 0) is 23.8 Å². The highest BCUT2D eigenvalue weighted by Gasteiger charge is 2.30. The van der Waals surface area contributed by atoms with E-state index < -0.39 is 5.91 Å². The van der Waals surface area contributed by atoms with Crippen molar-refractivity contribution in [1.29, 1.82) is 0 Å². The quantitative estimate of drug-likeness (QED) is 0.852. The highest BCUT2D eigenvalue weighted by molar-refractivity contribution is 7.15. The van der Waals surface area contributed by atoms with Gasteiger partial charge < -0.3 is 16.0 Å². The Morgan fingerprint density at radius 3 is 2.58 bits per heavy atom. The molecule has 0 saturated carbocycles. The van der Waals surface area contributed by atoms with Crippen LogP contribution in [-0.2, 0) is 0 Å². The fourth-order valence-electron chi connectivity index (χ4n) is 2.70. The van der Waals surface area contributed by atoms with Gasteiger partial charge in [0.25, 0.3) is 11.8 Å². The van der Waals surface area contributed by atoms with Gasteiger partial charge in [0.15, 0.2) is 0 Å². The van der Waals surface area contributed by atoms with Crippen molar-refractivity contribution in [2.75, 3.05) is 19.6 Å². The number of halogens is 2. The zero-order valence-corrected chi connectivity index (χ0v) is 15.1. The molecule has 1 aromatic carbocycles. The number of hydrogen-bond acceptors (Lipinski definition) is 4. The number of amides is 2. The van der Waals surface area contributed by atoms with Crippen molar-refractivity contribution in [1.82, 2.24) is 10.2 Å². The Morgan fingerprint density at radius 2 is 1.92 bits per heavy atom. The highest BCUT2D eigenvalue weighted by Crippen LogP contribution is 2.30. The van der Waals surface area contributed by atoms with Crippen molar-refractivity contribution < 1.29 is 9.59 Å². The van der Waals surface area contributed by atoms with Crippen molar-refractivity contribution in [2.24, 2.45) is 5.73 Å². The number of rotatable bonds is 3. The summed E-state index contributed by atoms with van der Waals surface area (Å²) in [5.74, 6) is -0.620. The van der Waals surface area contributed by atoms with Crippen molar-refractivity contribution >= 4 is 47.2 Å². The maximum atomic E-state index is 12.8. The first-order chi connectivity index (χ1) is 11.1. The number of piperazine rings is 1. The van der Waals surface area contributed by atoms with E-state index in [-0.39, 0.29) is 24.4 Å². The Kier molecular flexibility index (Phi) is 6.23. The van der Waals surface area contributed by atoms with Crippen LogP contribution in [0.2, 0.25) is 5.02 Å². The van der Waals surface area contributed by atoms with Gasteiger partial charge in [-0.1, -0.05) is 29.8 Å². The first-order valence-electron chi connectivity index (χ1n) is 7.23. The molecule has 1 aromatic heterocycles. The smallest absolute Gasteiger partial charge is 0.264 e. The molecule has 128 valence electrons. The second-order valence-electron chi connectivity index (χ2n) is 5.27. The maximum Gasteiger partial charge on any atom is 0.264 e. The number of nitrogens with two attached hydrogens (primary N) is 1. The first-order valence-corrected chi connectivity index (χ1v) is 8.43. The van der Waals surface area contributed by atoms with E-state index in [4.69, 9.17) is 17.3 Å². The lowest BCUT2D eigenvalue weighted by Crippen LogP contribution is -2.48. The Labute approximate surface area is 155 Å². The Morgan fingerprint density at radius 1 is 1.21 bits per heavy atom. The molecule has 1 saturated heterocycles. The van der Waals surface area contributed by atoms with Gasteiger partial charge >= 0.3 is 0 Å². The minimum Gasteiger partial charge on any atom is -0.365 e. The van der Waals surface area contributed by atoms with Gasteiger partial charge in [-0.3, -0.25) is 9.59 Å². The van der Waals surface area contributed by atoms with Crippen LogP contribution in [-0.4, -0.2) is 36.3 Å². The Balaban J connectivity index is 0.00000208. The summed E-state index contributed by atoms with van der Waals surface area (Å²) in [6.07, 6.45) is 0. The van der Waals surface area contributed by atoms with Crippen LogP contribution in [0.25, 0.3) is 0 Å². The molecule has 2 amide bonds. The van der Waals surface area contributed by atoms with E-state index in [0.717, 1.165) is 23.4 Å². The molecule has 0 aliphatic carbocycles. The lowest BCUT2D eigenvalue weighted by atomic mass is 10.0. The number of hydrogen-bond donors (Lipinski definition) is 2. The number of thiophene rings is 1. The molecular weight excluding hydrogens is 369 g/mol. The number of nitrogens with zero attached hydrogens (tertiary/aromatic N) is 1. The van der Waals surface area contributed by atoms with Crippen molar-refractivity contribution in [3.05, 3.63) is 56.7 Å². The predicted octanol–water partition coefficient (Wildman–Crippen LogP) is 2.71. The maximum absolute atomic E-state index is 12.8. The average Bonchev–Trinajstić information content (AvgIpc) is 3.05. The van der Waals surface area contributed by atoms with Crippen molar-refractivity contribution in [3.8, 4) is 0 Å². The molecular formula is C16H17Cl2N3O2S. The first kappa shape index (κ1) is 18.7. The molecule has 1 fully saturated rings. The largest absolute Gasteiger partial charge is 0.365 e. The van der Waals surface area contributed by atoms with Crippen molar-refractivity contribution in [3.63, 3.8) is 0 Å². The van der Waals surface area contributed by atoms with Crippen LogP contribution in [0.3, 0.4) is 0 Å². The summed E-state index contributed by atoms with van der Waals surface area (Å²) >= 11 is 7.42. The minimum atomic E-state index is -0.517. The van der Waals surface area contributed by atoms with Crippen molar-refractivity contribution in [2.45, 2.75) is 6.04 Å². The SMILES string of the molecule is Cl.NC(=O)c1ccc(C(=O)N2CCNCC2c2ccccc2Cl)s1. The topological polar surface area (TPSA) is 75.4 Å². The molecule has 0 radical (unpaired) electrons. The fourth-order valence-corrected chi connectivity index (χ4v) is 3.77. The lowest BCUT2D eigenvalue weighted by molar-refractivity contribution is 0.0639. The van der Waals surface area contributed by atoms with Gasteiger partial charge in [0, 0.05) is 24.7 Å². The molecule has 8 heteroatoms. The monoisotopic (exact) mass is 385 g/mol. The van der Waals surface area contributed by atoms with E-state index in [9.17, 15) is 9.59 Å². The van der Waals surface area contributed by atoms with Gasteiger partial charge in [-0.2, -0.15) is 0 Å². The summed E-state index contributed by atoms with van der Waals surface area (Å²) in [5, 5.41) is 3.94. The van der Waals surface area contributed by atoms with Crippen LogP contribution < -0.4 is 11.1 Å². The van der Waals surface area contributed by atoms with Gasteiger partial charge in [0.05, 0.1) is 15.8 Å². The highest BCUT2D eigenvalue weighted by atomic mass is 35.5. The zero-order valence-electron chi connectivity index (χ0n) is 12.7. The molecule has 3 N–H and O–H groups in total. The van der Waals surface area contributed by atoms with E-state index >= 15 is 0 Å². The average molecular weight is 386 g/mol. The third kappa shape index (κ3) is 3.72. The van der Waals surface area contributed by atoms with Gasteiger partial charge in [0.2, 0.25) is 0 Å². The molecule has 3 rings (SSSR count). The normalized spacial score (nSPS) is 17.2. The number of primary amides is 1. The second-order valence-corrected chi connectivity index (χ2v) is 6.76. The van der Waals surface area contributed by atoms with Crippen LogP contribution in [0.4, 0.5) is 0 Å². The lowest BCUT2D eigenvalue weighted by Gasteiger charge is -2.36. The summed E-state index contributed by atoms with van der Waals surface area (Å²) in [7, 11) is 0. The van der Waals surface area contributed by atoms with Gasteiger partial charge in [0.1, 0.15) is 0 Å². The summed E-state index contributed by atoms with van der Waals surface area (Å²) < 4.78 is 0. The minimum absolute atomic E-state index is 0. The second kappa shape index (κ2) is 7.98. The molecule has 0 spiro atoms. The van der Waals surface area contributed by atoms with Crippen LogP contribution in [0, 0.1) is 0 Å². The van der Waals surface area contributed by atoms with E-state index in [0.29, 0.717) is 27.9 Å². The van der Waals surface area contributed by atoms with E-state index in [1.807, 2.05) is 24.3 Å². The summed E-state index contributed by atoms with van der Waals surface area (Å²) in [5.41, 5.74) is 6.18. The number of nitrogens with one attached hydrogen (secondary N) is 1. The Hall–Kier alpha value is -1.60. The molecule has 2 heterocycles. The molecule has 24 heavy (non-hydrogen) atoms. The molecule has 5 nitrogen and oxygen atoms in total. The third-order valence-electron chi connectivity index (χ3n) is 3.83. The fraction of sp³-hybridized carbons (Fsp3) is 0.250. The number of carbonyl (C=O) groups is 2.